The molecule has 0 radical (unpaired) electrons. The van der Waals surface area contributed by atoms with Crippen LogP contribution >= 0.6 is 0 Å². The third kappa shape index (κ3) is 6.25. The van der Waals surface area contributed by atoms with Crippen molar-refractivity contribution in [1.29, 1.82) is 0 Å². The molecule has 1 amide bonds. The molecule has 0 aliphatic heterocycles. The van der Waals surface area contributed by atoms with E-state index in [-0.39, 0.29) is 5.91 Å². The summed E-state index contributed by atoms with van der Waals surface area (Å²) in [5.41, 5.74) is 1.23. The summed E-state index contributed by atoms with van der Waals surface area (Å²) in [5.74, 6) is 0.314. The molecule has 0 fully saturated rings. The lowest BCUT2D eigenvalue weighted by Crippen LogP contribution is -2.35. The molecule has 0 spiro atoms. The number of rotatable bonds is 7. The molecule has 18 heavy (non-hydrogen) atoms. The number of nitrogens with one attached hydrogen (secondary N) is 2. The Morgan fingerprint density at radius 3 is 2.56 bits per heavy atom. The van der Waals surface area contributed by atoms with Crippen LogP contribution in [0.3, 0.4) is 0 Å². The van der Waals surface area contributed by atoms with Crippen LogP contribution in [0.1, 0.15) is 25.8 Å². The number of carbonyl (C=O) groups is 1. The van der Waals surface area contributed by atoms with Gasteiger partial charge in [-0.3, -0.25) is 4.79 Å². The van der Waals surface area contributed by atoms with E-state index >= 15 is 0 Å². The van der Waals surface area contributed by atoms with Gasteiger partial charge in [-0.25, -0.2) is 0 Å². The first-order valence-corrected chi connectivity index (χ1v) is 6.33. The number of benzene rings is 1. The monoisotopic (exact) mass is 250 g/mol. The lowest BCUT2D eigenvalue weighted by Gasteiger charge is -2.13. The van der Waals surface area contributed by atoms with Crippen molar-refractivity contribution >= 4 is 5.91 Å². The van der Waals surface area contributed by atoms with Crippen molar-refractivity contribution in [2.24, 2.45) is 0 Å². The van der Waals surface area contributed by atoms with Crippen LogP contribution in [0.4, 0.5) is 0 Å². The summed E-state index contributed by atoms with van der Waals surface area (Å²) in [6.07, 6.45) is 2.01. The normalized spacial score (nSPS) is 12.1. The predicted molar refractivity (Wildman–Crippen MR) is 72.6 cm³/mol. The van der Waals surface area contributed by atoms with Crippen molar-refractivity contribution in [3.63, 3.8) is 0 Å². The largest absolute Gasteiger partial charge is 0.508 e. The molecule has 1 rings (SSSR count). The highest BCUT2D eigenvalue weighted by Gasteiger charge is 2.02. The number of hydrogen-bond acceptors (Lipinski definition) is 3. The van der Waals surface area contributed by atoms with Crippen molar-refractivity contribution in [3.8, 4) is 5.75 Å². The van der Waals surface area contributed by atoms with Crippen LogP contribution < -0.4 is 10.6 Å². The Kier molecular flexibility index (Phi) is 6.22. The van der Waals surface area contributed by atoms with Gasteiger partial charge in [-0.15, -0.1) is 0 Å². The zero-order chi connectivity index (χ0) is 13.4. The molecule has 1 aromatic carbocycles. The standard InChI is InChI=1S/C14H22N2O2/c1-11(15-9-10-16-12(2)17)3-4-13-5-7-14(18)8-6-13/h5-8,11,15,18H,3-4,9-10H2,1-2H3,(H,16,17). The van der Waals surface area contributed by atoms with Gasteiger partial charge in [-0.05, 0) is 37.5 Å². The first-order chi connectivity index (χ1) is 8.58. The zero-order valence-corrected chi connectivity index (χ0v) is 11.1. The fourth-order valence-corrected chi connectivity index (χ4v) is 1.70. The minimum atomic E-state index is 0.00791. The van der Waals surface area contributed by atoms with Crippen LogP contribution in [0.15, 0.2) is 24.3 Å². The number of aromatic hydroxyl groups is 1. The maximum absolute atomic E-state index is 10.7. The van der Waals surface area contributed by atoms with E-state index in [0.29, 0.717) is 18.3 Å². The number of amides is 1. The van der Waals surface area contributed by atoms with E-state index in [1.807, 2.05) is 12.1 Å². The van der Waals surface area contributed by atoms with Crippen LogP contribution in [0.25, 0.3) is 0 Å². The Balaban J connectivity index is 2.14. The molecule has 0 bridgehead atoms. The highest BCUT2D eigenvalue weighted by Crippen LogP contribution is 2.11. The first kappa shape index (κ1) is 14.5. The van der Waals surface area contributed by atoms with Crippen LogP contribution in [0, 0.1) is 0 Å². The highest BCUT2D eigenvalue weighted by atomic mass is 16.3. The van der Waals surface area contributed by atoms with Gasteiger partial charge in [0, 0.05) is 26.1 Å². The van der Waals surface area contributed by atoms with Crippen molar-refractivity contribution in [3.05, 3.63) is 29.8 Å². The van der Waals surface area contributed by atoms with Crippen molar-refractivity contribution < 1.29 is 9.90 Å². The van der Waals surface area contributed by atoms with Gasteiger partial charge in [0.05, 0.1) is 0 Å². The van der Waals surface area contributed by atoms with E-state index < -0.39 is 0 Å². The summed E-state index contributed by atoms with van der Waals surface area (Å²) in [7, 11) is 0. The third-order valence-electron chi connectivity index (χ3n) is 2.79. The summed E-state index contributed by atoms with van der Waals surface area (Å²) in [6.45, 7) is 5.11. The maximum Gasteiger partial charge on any atom is 0.216 e. The fraction of sp³-hybridized carbons (Fsp3) is 0.500. The lowest BCUT2D eigenvalue weighted by molar-refractivity contribution is -0.118. The molecular formula is C14H22N2O2. The number of aryl methyl sites for hydroxylation is 1. The molecule has 1 unspecified atom stereocenters. The van der Waals surface area contributed by atoms with Crippen molar-refractivity contribution in [1.82, 2.24) is 10.6 Å². The van der Waals surface area contributed by atoms with Gasteiger partial charge in [-0.2, -0.15) is 0 Å². The fourth-order valence-electron chi connectivity index (χ4n) is 1.70. The number of phenols is 1. The summed E-state index contributed by atoms with van der Waals surface area (Å²) in [6, 6.07) is 7.72. The third-order valence-corrected chi connectivity index (χ3v) is 2.79. The molecule has 0 saturated carbocycles. The van der Waals surface area contributed by atoms with Gasteiger partial charge in [0.25, 0.3) is 0 Å². The highest BCUT2D eigenvalue weighted by molar-refractivity contribution is 5.72. The second-order valence-electron chi connectivity index (χ2n) is 4.54. The molecule has 4 heteroatoms. The molecule has 0 aromatic heterocycles. The summed E-state index contributed by atoms with van der Waals surface area (Å²) >= 11 is 0. The summed E-state index contributed by atoms with van der Waals surface area (Å²) < 4.78 is 0. The Hall–Kier alpha value is -1.55. The number of hydrogen-bond donors (Lipinski definition) is 3. The molecule has 0 saturated heterocycles. The van der Waals surface area contributed by atoms with E-state index in [1.165, 1.54) is 12.5 Å². The topological polar surface area (TPSA) is 61.4 Å². The van der Waals surface area contributed by atoms with E-state index in [9.17, 15) is 9.90 Å². The molecule has 100 valence electrons. The minimum absolute atomic E-state index is 0.00791. The lowest BCUT2D eigenvalue weighted by atomic mass is 10.1. The Bertz CT molecular complexity index is 363. The SMILES string of the molecule is CC(=O)NCCNC(C)CCc1ccc(O)cc1. The zero-order valence-electron chi connectivity index (χ0n) is 11.1. The average molecular weight is 250 g/mol. The predicted octanol–water partition coefficient (Wildman–Crippen LogP) is 1.44. The van der Waals surface area contributed by atoms with E-state index in [0.717, 1.165) is 19.4 Å². The average Bonchev–Trinajstić information content (AvgIpc) is 2.34. The molecule has 3 N–H and O–H groups in total. The second-order valence-corrected chi connectivity index (χ2v) is 4.54. The molecule has 0 aliphatic rings. The van der Waals surface area contributed by atoms with E-state index in [4.69, 9.17) is 0 Å². The quantitative estimate of drug-likeness (QED) is 0.642. The van der Waals surface area contributed by atoms with Gasteiger partial charge >= 0.3 is 0 Å². The van der Waals surface area contributed by atoms with Gasteiger partial charge in [0.15, 0.2) is 0 Å². The van der Waals surface area contributed by atoms with Gasteiger partial charge in [0.2, 0.25) is 5.91 Å². The molecule has 1 aromatic rings. The molecular weight excluding hydrogens is 228 g/mol. The Morgan fingerprint density at radius 1 is 1.28 bits per heavy atom. The minimum Gasteiger partial charge on any atom is -0.508 e. The van der Waals surface area contributed by atoms with Gasteiger partial charge in [0.1, 0.15) is 5.75 Å². The van der Waals surface area contributed by atoms with Gasteiger partial charge < -0.3 is 15.7 Å². The number of carbonyl (C=O) groups excluding carboxylic acids is 1. The van der Waals surface area contributed by atoms with Crippen LogP contribution in [-0.4, -0.2) is 30.1 Å². The maximum atomic E-state index is 10.7. The van der Waals surface area contributed by atoms with Crippen LogP contribution in [0.5, 0.6) is 5.75 Å². The molecule has 0 aliphatic carbocycles. The second kappa shape index (κ2) is 7.71. The summed E-state index contributed by atoms with van der Waals surface area (Å²) in [5, 5.41) is 15.3. The number of phenolic OH excluding ortho intramolecular Hbond substituents is 1. The molecule has 4 nitrogen and oxygen atoms in total. The Morgan fingerprint density at radius 2 is 1.94 bits per heavy atom. The summed E-state index contributed by atoms with van der Waals surface area (Å²) in [4.78, 5) is 10.7. The van der Waals surface area contributed by atoms with E-state index in [1.54, 1.807) is 12.1 Å². The van der Waals surface area contributed by atoms with Crippen molar-refractivity contribution in [2.45, 2.75) is 32.7 Å². The van der Waals surface area contributed by atoms with Crippen LogP contribution in [-0.2, 0) is 11.2 Å². The van der Waals surface area contributed by atoms with Gasteiger partial charge in [-0.1, -0.05) is 12.1 Å². The molecule has 1 atom stereocenters. The first-order valence-electron chi connectivity index (χ1n) is 6.33. The smallest absolute Gasteiger partial charge is 0.216 e. The Labute approximate surface area is 108 Å². The van der Waals surface area contributed by atoms with Crippen LogP contribution in [0.2, 0.25) is 0 Å². The molecule has 0 heterocycles. The van der Waals surface area contributed by atoms with Crippen molar-refractivity contribution in [2.75, 3.05) is 13.1 Å². The van der Waals surface area contributed by atoms with E-state index in [2.05, 4.69) is 17.6 Å².